The highest BCUT2D eigenvalue weighted by molar-refractivity contribution is 6.36. The largest absolute Gasteiger partial charge is 0.465 e. The molecule has 0 aliphatic rings. The summed E-state index contributed by atoms with van der Waals surface area (Å²) < 4.78 is 10.3. The van der Waals surface area contributed by atoms with Gasteiger partial charge in [0.15, 0.2) is 0 Å². The minimum Gasteiger partial charge on any atom is -0.465 e. The molecule has 0 fully saturated rings. The van der Waals surface area contributed by atoms with Crippen LogP contribution in [0.3, 0.4) is 0 Å². The number of nitrogens with one attached hydrogen (secondary N) is 1. The predicted molar refractivity (Wildman–Crippen MR) is 125 cm³/mol. The second kappa shape index (κ2) is 11.8. The Kier molecular flexibility index (Phi) is 9.49. The van der Waals surface area contributed by atoms with Gasteiger partial charge >= 0.3 is 11.7 Å². The first-order valence-corrected chi connectivity index (χ1v) is 10.8. The number of carbonyl (C=O) groups is 1. The third kappa shape index (κ3) is 6.44. The molecule has 0 saturated carbocycles. The maximum atomic E-state index is 12.4. The van der Waals surface area contributed by atoms with Crippen molar-refractivity contribution in [2.75, 3.05) is 37.1 Å². The van der Waals surface area contributed by atoms with Gasteiger partial charge in [-0.2, -0.15) is 0 Å². The second-order valence-electron chi connectivity index (χ2n) is 6.93. The molecule has 1 aromatic carbocycles. The number of methoxy groups -OCH3 is 1. The van der Waals surface area contributed by atoms with Gasteiger partial charge in [-0.05, 0) is 44.5 Å². The molecule has 0 amide bonds. The standard InChI is InChI=1S/C21H26Cl2N4O5/c1-5-15(12-31-4)25-17-9-13(3)24-21(20(17)27(29)30)26(11-19(28)32-6-2)18-8-7-14(22)10-16(18)23/h7-10,15H,5-6,11-12H2,1-4H3,(H,24,25). The van der Waals surface area contributed by atoms with Gasteiger partial charge in [0.05, 0.1) is 28.8 Å². The third-order valence-electron chi connectivity index (χ3n) is 4.55. The van der Waals surface area contributed by atoms with Crippen LogP contribution < -0.4 is 10.2 Å². The van der Waals surface area contributed by atoms with Crippen molar-refractivity contribution in [1.29, 1.82) is 0 Å². The Bertz CT molecular complexity index is 973. The average Bonchev–Trinajstić information content (AvgIpc) is 2.71. The topological polar surface area (TPSA) is 107 Å². The van der Waals surface area contributed by atoms with Gasteiger partial charge in [0.1, 0.15) is 12.2 Å². The monoisotopic (exact) mass is 484 g/mol. The van der Waals surface area contributed by atoms with Crippen molar-refractivity contribution in [3.63, 3.8) is 0 Å². The number of nitrogens with zero attached hydrogens (tertiary/aromatic N) is 3. The van der Waals surface area contributed by atoms with E-state index in [0.29, 0.717) is 29.4 Å². The van der Waals surface area contributed by atoms with Gasteiger partial charge < -0.3 is 19.7 Å². The molecule has 9 nitrogen and oxygen atoms in total. The molecule has 0 saturated heterocycles. The van der Waals surface area contributed by atoms with Crippen molar-refractivity contribution in [1.82, 2.24) is 4.98 Å². The van der Waals surface area contributed by atoms with Gasteiger partial charge in [-0.15, -0.1) is 0 Å². The van der Waals surface area contributed by atoms with E-state index in [0.717, 1.165) is 0 Å². The Balaban J connectivity index is 2.70. The maximum Gasteiger partial charge on any atom is 0.334 e. The van der Waals surface area contributed by atoms with E-state index in [1.54, 1.807) is 39.2 Å². The first-order valence-electron chi connectivity index (χ1n) is 10.0. The van der Waals surface area contributed by atoms with E-state index in [1.807, 2.05) is 6.92 Å². The first kappa shape index (κ1) is 25.6. The predicted octanol–water partition coefficient (Wildman–Crippen LogP) is 5.14. The number of aryl methyl sites for hydroxylation is 1. The zero-order valence-corrected chi connectivity index (χ0v) is 19.9. The maximum absolute atomic E-state index is 12.4. The van der Waals surface area contributed by atoms with Crippen LogP contribution in [0.5, 0.6) is 0 Å². The van der Waals surface area contributed by atoms with E-state index < -0.39 is 10.9 Å². The van der Waals surface area contributed by atoms with Gasteiger partial charge in [-0.1, -0.05) is 30.1 Å². The quantitative estimate of drug-likeness (QED) is 0.265. The Morgan fingerprint density at radius 1 is 1.31 bits per heavy atom. The smallest absolute Gasteiger partial charge is 0.334 e. The van der Waals surface area contributed by atoms with Crippen molar-refractivity contribution < 1.29 is 19.2 Å². The number of hydrogen-bond acceptors (Lipinski definition) is 8. The summed E-state index contributed by atoms with van der Waals surface area (Å²) in [6.45, 7) is 5.51. The minimum atomic E-state index is -0.587. The Morgan fingerprint density at radius 2 is 2.03 bits per heavy atom. The molecule has 1 heterocycles. The number of esters is 1. The average molecular weight is 485 g/mol. The highest BCUT2D eigenvalue weighted by Crippen LogP contribution is 2.41. The number of benzene rings is 1. The normalized spacial score (nSPS) is 11.7. The van der Waals surface area contributed by atoms with Crippen molar-refractivity contribution in [2.45, 2.75) is 33.2 Å². The lowest BCUT2D eigenvalue weighted by molar-refractivity contribution is -0.383. The summed E-state index contributed by atoms with van der Waals surface area (Å²) in [4.78, 5) is 29.8. The van der Waals surface area contributed by atoms with Crippen LogP contribution >= 0.6 is 23.2 Å². The van der Waals surface area contributed by atoms with Crippen molar-refractivity contribution in [3.05, 3.63) is 50.1 Å². The van der Waals surface area contributed by atoms with Crippen LogP contribution in [0.4, 0.5) is 22.9 Å². The fraction of sp³-hybridized carbons (Fsp3) is 0.429. The van der Waals surface area contributed by atoms with Gasteiger partial charge in [0.25, 0.3) is 0 Å². The summed E-state index contributed by atoms with van der Waals surface area (Å²) in [5, 5.41) is 15.9. The third-order valence-corrected chi connectivity index (χ3v) is 5.09. The fourth-order valence-corrected chi connectivity index (χ4v) is 3.63. The lowest BCUT2D eigenvalue weighted by Crippen LogP contribution is -2.29. The van der Waals surface area contributed by atoms with Gasteiger partial charge in [0, 0.05) is 23.9 Å². The summed E-state index contributed by atoms with van der Waals surface area (Å²) in [5.41, 5.74) is 0.820. The summed E-state index contributed by atoms with van der Waals surface area (Å²) in [6.07, 6.45) is 0.678. The number of hydrogen-bond donors (Lipinski definition) is 1. The number of nitro groups is 1. The molecule has 0 radical (unpaired) electrons. The van der Waals surface area contributed by atoms with Crippen LogP contribution in [0, 0.1) is 17.0 Å². The molecule has 2 aromatic rings. The molecule has 0 aliphatic carbocycles. The van der Waals surface area contributed by atoms with E-state index >= 15 is 0 Å². The Hall–Kier alpha value is -2.62. The van der Waals surface area contributed by atoms with Crippen LogP contribution in [-0.2, 0) is 14.3 Å². The molecule has 11 heteroatoms. The number of anilines is 3. The van der Waals surface area contributed by atoms with Crippen molar-refractivity contribution in [2.24, 2.45) is 0 Å². The van der Waals surface area contributed by atoms with Crippen LogP contribution in [0.15, 0.2) is 24.3 Å². The molecule has 1 unspecified atom stereocenters. The van der Waals surface area contributed by atoms with Crippen molar-refractivity contribution >= 4 is 52.1 Å². The number of ether oxygens (including phenoxy) is 2. The molecule has 1 N–H and O–H groups in total. The lowest BCUT2D eigenvalue weighted by atomic mass is 10.2. The van der Waals surface area contributed by atoms with E-state index in [2.05, 4.69) is 10.3 Å². The van der Waals surface area contributed by atoms with E-state index in [4.69, 9.17) is 32.7 Å². The molecule has 32 heavy (non-hydrogen) atoms. The SMILES string of the molecule is CCOC(=O)CN(c1ccc(Cl)cc1Cl)c1nc(C)cc(NC(CC)COC)c1[N+](=O)[O-]. The molecule has 1 aromatic heterocycles. The van der Waals surface area contributed by atoms with Crippen LogP contribution in [0.25, 0.3) is 0 Å². The first-order chi connectivity index (χ1) is 15.2. The minimum absolute atomic E-state index is 0.0398. The molecule has 174 valence electrons. The molecule has 0 spiro atoms. The van der Waals surface area contributed by atoms with Crippen LogP contribution in [-0.4, -0.2) is 48.8 Å². The number of halogens is 2. The summed E-state index contributed by atoms with van der Waals surface area (Å²) in [5.74, 6) is -0.626. The molecule has 2 rings (SSSR count). The van der Waals surface area contributed by atoms with E-state index in [9.17, 15) is 14.9 Å². The van der Waals surface area contributed by atoms with Crippen LogP contribution in [0.1, 0.15) is 26.0 Å². The molecular weight excluding hydrogens is 459 g/mol. The summed E-state index contributed by atoms with van der Waals surface area (Å²) >= 11 is 12.4. The fourth-order valence-electron chi connectivity index (χ4n) is 3.12. The zero-order valence-electron chi connectivity index (χ0n) is 18.4. The van der Waals surface area contributed by atoms with Crippen molar-refractivity contribution in [3.8, 4) is 0 Å². The lowest BCUT2D eigenvalue weighted by Gasteiger charge is -2.25. The Morgan fingerprint density at radius 3 is 2.59 bits per heavy atom. The highest BCUT2D eigenvalue weighted by Gasteiger charge is 2.31. The Labute approximate surface area is 196 Å². The van der Waals surface area contributed by atoms with Gasteiger partial charge in [-0.3, -0.25) is 14.9 Å². The number of rotatable bonds is 11. The van der Waals surface area contributed by atoms with E-state index in [1.165, 1.54) is 11.0 Å². The van der Waals surface area contributed by atoms with Crippen LogP contribution in [0.2, 0.25) is 10.0 Å². The van der Waals surface area contributed by atoms with Gasteiger partial charge in [0.2, 0.25) is 5.82 Å². The van der Waals surface area contributed by atoms with E-state index in [-0.39, 0.29) is 41.4 Å². The number of aromatic nitrogens is 1. The molecule has 0 aliphatic heterocycles. The summed E-state index contributed by atoms with van der Waals surface area (Å²) in [7, 11) is 1.56. The molecular formula is C21H26Cl2N4O5. The molecule has 1 atom stereocenters. The number of carbonyl (C=O) groups excluding carboxylic acids is 1. The molecule has 0 bridgehead atoms. The second-order valence-corrected chi connectivity index (χ2v) is 7.78. The highest BCUT2D eigenvalue weighted by atomic mass is 35.5. The summed E-state index contributed by atoms with van der Waals surface area (Å²) in [6, 6.07) is 6.07. The zero-order chi connectivity index (χ0) is 23.8. The number of pyridine rings is 1. The van der Waals surface area contributed by atoms with Gasteiger partial charge in [-0.25, -0.2) is 4.98 Å².